The van der Waals surface area contributed by atoms with E-state index in [1.165, 1.54) is 0 Å². The zero-order valence-corrected chi connectivity index (χ0v) is 17.2. The third-order valence-corrected chi connectivity index (χ3v) is 4.23. The Morgan fingerprint density at radius 2 is 1.62 bits per heavy atom. The summed E-state index contributed by atoms with van der Waals surface area (Å²) in [5.74, 6) is -0.490. The van der Waals surface area contributed by atoms with Crippen molar-refractivity contribution < 1.29 is 19.1 Å². The molecule has 0 fully saturated rings. The largest absolute Gasteiger partial charge is 0.444 e. The first-order valence-electron chi connectivity index (χ1n) is 9.46. The predicted molar refractivity (Wildman–Crippen MR) is 111 cm³/mol. The van der Waals surface area contributed by atoms with Gasteiger partial charge in [-0.1, -0.05) is 54.6 Å². The van der Waals surface area contributed by atoms with Gasteiger partial charge in [-0.3, -0.25) is 9.59 Å². The lowest BCUT2D eigenvalue weighted by Gasteiger charge is -2.24. The van der Waals surface area contributed by atoms with Gasteiger partial charge in [-0.05, 0) is 44.4 Å². The zero-order chi connectivity index (χ0) is 21.4. The van der Waals surface area contributed by atoms with Crippen molar-refractivity contribution >= 4 is 18.3 Å². The SMILES string of the molecule is Cc1ccccc1C[C@H](NC(=O)OC(C)(C)C)C(=O)N[C@H]([C]=O)c1ccccc1. The second kappa shape index (κ2) is 9.87. The van der Waals surface area contributed by atoms with Gasteiger partial charge >= 0.3 is 6.09 Å². The Labute approximate surface area is 171 Å². The van der Waals surface area contributed by atoms with E-state index in [1.807, 2.05) is 43.5 Å². The molecule has 29 heavy (non-hydrogen) atoms. The molecule has 1 radical (unpaired) electrons. The third-order valence-electron chi connectivity index (χ3n) is 4.23. The van der Waals surface area contributed by atoms with Crippen molar-refractivity contribution in [2.24, 2.45) is 0 Å². The highest BCUT2D eigenvalue weighted by Gasteiger charge is 2.27. The number of carbonyl (C=O) groups excluding carboxylic acids is 3. The highest BCUT2D eigenvalue weighted by molar-refractivity contribution is 5.88. The highest BCUT2D eigenvalue weighted by atomic mass is 16.6. The number of hydrogen-bond donors (Lipinski definition) is 2. The van der Waals surface area contributed by atoms with Crippen LogP contribution in [0, 0.1) is 6.92 Å². The molecule has 0 aliphatic heterocycles. The van der Waals surface area contributed by atoms with E-state index in [0.717, 1.165) is 11.1 Å². The minimum atomic E-state index is -0.927. The number of ether oxygens (including phenoxy) is 1. The summed E-state index contributed by atoms with van der Waals surface area (Å²) in [5.41, 5.74) is 1.83. The Morgan fingerprint density at radius 3 is 2.21 bits per heavy atom. The van der Waals surface area contributed by atoms with Crippen LogP contribution in [0.3, 0.4) is 0 Å². The van der Waals surface area contributed by atoms with Gasteiger partial charge in [0.2, 0.25) is 12.2 Å². The number of alkyl carbamates (subject to hydrolysis) is 1. The summed E-state index contributed by atoms with van der Waals surface area (Å²) >= 11 is 0. The molecule has 2 aromatic carbocycles. The Hall–Kier alpha value is -3.15. The maximum absolute atomic E-state index is 12.9. The van der Waals surface area contributed by atoms with Crippen molar-refractivity contribution in [2.45, 2.75) is 51.8 Å². The lowest BCUT2D eigenvalue weighted by Crippen LogP contribution is -2.50. The molecule has 0 bridgehead atoms. The van der Waals surface area contributed by atoms with Gasteiger partial charge < -0.3 is 15.4 Å². The van der Waals surface area contributed by atoms with E-state index >= 15 is 0 Å². The molecule has 0 saturated carbocycles. The maximum Gasteiger partial charge on any atom is 0.408 e. The first kappa shape index (κ1) is 22.1. The van der Waals surface area contributed by atoms with Crippen LogP contribution in [0.25, 0.3) is 0 Å². The topological polar surface area (TPSA) is 84.5 Å². The van der Waals surface area contributed by atoms with Crippen molar-refractivity contribution in [1.29, 1.82) is 0 Å². The van der Waals surface area contributed by atoms with Crippen LogP contribution in [0.2, 0.25) is 0 Å². The molecule has 0 unspecified atom stereocenters. The average Bonchev–Trinajstić information content (AvgIpc) is 2.66. The molecular formula is C23H27N2O4. The van der Waals surface area contributed by atoms with Crippen molar-refractivity contribution in [3.8, 4) is 0 Å². The molecule has 2 amide bonds. The molecule has 2 rings (SSSR count). The van der Waals surface area contributed by atoms with Gasteiger partial charge in [0.25, 0.3) is 0 Å². The van der Waals surface area contributed by atoms with Crippen LogP contribution < -0.4 is 10.6 Å². The van der Waals surface area contributed by atoms with Crippen LogP contribution in [-0.2, 0) is 20.7 Å². The van der Waals surface area contributed by atoms with E-state index in [0.29, 0.717) is 5.56 Å². The first-order valence-corrected chi connectivity index (χ1v) is 9.46. The lowest BCUT2D eigenvalue weighted by molar-refractivity contribution is -0.123. The summed E-state index contributed by atoms with van der Waals surface area (Å²) in [6.07, 6.45) is 1.41. The minimum absolute atomic E-state index is 0.262. The van der Waals surface area contributed by atoms with Gasteiger partial charge in [-0.2, -0.15) is 0 Å². The van der Waals surface area contributed by atoms with Gasteiger partial charge in [0, 0.05) is 6.42 Å². The van der Waals surface area contributed by atoms with E-state index in [9.17, 15) is 14.4 Å². The molecule has 2 aromatic rings. The van der Waals surface area contributed by atoms with E-state index < -0.39 is 29.7 Å². The molecule has 0 saturated heterocycles. The quantitative estimate of drug-likeness (QED) is 0.753. The number of rotatable bonds is 7. The number of aryl methyl sites for hydroxylation is 1. The highest BCUT2D eigenvalue weighted by Crippen LogP contribution is 2.14. The summed E-state index contributed by atoms with van der Waals surface area (Å²) in [5, 5.41) is 5.29. The smallest absolute Gasteiger partial charge is 0.408 e. The van der Waals surface area contributed by atoms with E-state index in [-0.39, 0.29) is 6.42 Å². The summed E-state index contributed by atoms with van der Waals surface area (Å²) in [7, 11) is 0. The molecule has 2 atom stereocenters. The summed E-state index contributed by atoms with van der Waals surface area (Å²) in [6, 6.07) is 14.6. The van der Waals surface area contributed by atoms with Crippen LogP contribution in [0.1, 0.15) is 43.5 Å². The second-order valence-corrected chi connectivity index (χ2v) is 7.80. The normalized spacial score (nSPS) is 13.1. The Morgan fingerprint density at radius 1 is 1.00 bits per heavy atom. The molecule has 2 N–H and O–H groups in total. The Bertz CT molecular complexity index is 843. The van der Waals surface area contributed by atoms with Crippen molar-refractivity contribution in [1.82, 2.24) is 10.6 Å². The van der Waals surface area contributed by atoms with Crippen LogP contribution >= 0.6 is 0 Å². The van der Waals surface area contributed by atoms with Crippen LogP contribution in [0.4, 0.5) is 4.79 Å². The second-order valence-electron chi connectivity index (χ2n) is 7.80. The van der Waals surface area contributed by atoms with Crippen molar-refractivity contribution in [3.05, 3.63) is 71.3 Å². The fraction of sp³-hybridized carbons (Fsp3) is 0.348. The summed E-state index contributed by atoms with van der Waals surface area (Å²) in [6.45, 7) is 7.17. The standard InChI is InChI=1S/C23H27N2O4/c1-16-10-8-9-13-18(16)14-19(25-22(28)29-23(2,3)4)21(27)24-20(15-26)17-11-6-5-7-12-17/h5-13,19-20H,14H2,1-4H3,(H,24,27)(H,25,28)/t19-,20+/m0/s1. The van der Waals surface area contributed by atoms with Gasteiger partial charge in [0.1, 0.15) is 17.7 Å². The van der Waals surface area contributed by atoms with Crippen molar-refractivity contribution in [2.75, 3.05) is 0 Å². The monoisotopic (exact) mass is 395 g/mol. The molecular weight excluding hydrogens is 368 g/mol. The predicted octanol–water partition coefficient (Wildman–Crippen LogP) is 3.40. The van der Waals surface area contributed by atoms with Crippen LogP contribution in [0.5, 0.6) is 0 Å². The van der Waals surface area contributed by atoms with Crippen LogP contribution in [0.15, 0.2) is 54.6 Å². The van der Waals surface area contributed by atoms with Gasteiger partial charge in [0.05, 0.1) is 0 Å². The molecule has 0 heterocycles. The number of nitrogens with one attached hydrogen (secondary N) is 2. The number of benzene rings is 2. The fourth-order valence-corrected chi connectivity index (χ4v) is 2.79. The van der Waals surface area contributed by atoms with Crippen molar-refractivity contribution in [3.63, 3.8) is 0 Å². The van der Waals surface area contributed by atoms with E-state index in [4.69, 9.17) is 4.74 Å². The summed E-state index contributed by atoms with van der Waals surface area (Å²) in [4.78, 5) is 36.7. The third kappa shape index (κ3) is 7.07. The minimum Gasteiger partial charge on any atom is -0.444 e. The van der Waals surface area contributed by atoms with E-state index in [1.54, 1.807) is 45.0 Å². The Kier molecular flexibility index (Phi) is 7.53. The maximum atomic E-state index is 12.9. The fourth-order valence-electron chi connectivity index (χ4n) is 2.79. The van der Waals surface area contributed by atoms with E-state index in [2.05, 4.69) is 10.6 Å². The molecule has 0 aliphatic carbocycles. The molecule has 0 aromatic heterocycles. The zero-order valence-electron chi connectivity index (χ0n) is 17.2. The number of amides is 2. The molecule has 0 spiro atoms. The van der Waals surface area contributed by atoms with Gasteiger partial charge in [-0.15, -0.1) is 0 Å². The number of carbonyl (C=O) groups is 2. The molecule has 0 aliphatic rings. The number of hydrogen-bond acceptors (Lipinski definition) is 4. The molecule has 6 heteroatoms. The first-order chi connectivity index (χ1) is 13.7. The lowest BCUT2D eigenvalue weighted by atomic mass is 10.00. The average molecular weight is 395 g/mol. The van der Waals surface area contributed by atoms with Gasteiger partial charge in [0.15, 0.2) is 0 Å². The van der Waals surface area contributed by atoms with Crippen LogP contribution in [-0.4, -0.2) is 29.9 Å². The molecule has 6 nitrogen and oxygen atoms in total. The Balaban J connectivity index is 2.20. The summed E-state index contributed by atoms with van der Waals surface area (Å²) < 4.78 is 5.29. The van der Waals surface area contributed by atoms with Gasteiger partial charge in [-0.25, -0.2) is 4.79 Å². The molecule has 153 valence electrons.